The van der Waals surface area contributed by atoms with E-state index in [4.69, 9.17) is 0 Å². The van der Waals surface area contributed by atoms with Gasteiger partial charge in [-0.1, -0.05) is 0 Å². The Morgan fingerprint density at radius 3 is 2.53 bits per heavy atom. The van der Waals surface area contributed by atoms with Crippen LogP contribution in [-0.4, -0.2) is 47.8 Å². The molecule has 0 aromatic carbocycles. The Hall–Kier alpha value is -1.36. The van der Waals surface area contributed by atoms with Crippen LogP contribution in [0.5, 0.6) is 0 Å². The summed E-state index contributed by atoms with van der Waals surface area (Å²) in [5.74, 6) is -0.0214. The van der Waals surface area contributed by atoms with Gasteiger partial charge >= 0.3 is 0 Å². The van der Waals surface area contributed by atoms with E-state index in [1.165, 1.54) is 0 Å². The van der Waals surface area contributed by atoms with Crippen molar-refractivity contribution in [3.05, 3.63) is 17.0 Å². The molecule has 96 valence electrons. The molecule has 0 saturated carbocycles. The van der Waals surface area contributed by atoms with Crippen LogP contribution in [0.1, 0.15) is 28.2 Å². The van der Waals surface area contributed by atoms with Gasteiger partial charge in [-0.05, 0) is 40.9 Å². The molecule has 0 fully saturated rings. The molecule has 17 heavy (non-hydrogen) atoms. The molecular formula is C12H22N4O. The molecule has 5 heteroatoms. The molecule has 0 bridgehead atoms. The van der Waals surface area contributed by atoms with Crippen LogP contribution < -0.4 is 5.32 Å². The summed E-state index contributed by atoms with van der Waals surface area (Å²) in [6.45, 7) is 5.45. The Morgan fingerprint density at radius 2 is 2.06 bits per heavy atom. The average Bonchev–Trinajstić information content (AvgIpc) is 2.48. The van der Waals surface area contributed by atoms with Gasteiger partial charge in [-0.15, -0.1) is 0 Å². The van der Waals surface area contributed by atoms with E-state index in [1.54, 1.807) is 4.68 Å². The topological polar surface area (TPSA) is 50.2 Å². The second kappa shape index (κ2) is 5.82. The maximum absolute atomic E-state index is 12.0. The number of aryl methyl sites for hydroxylation is 2. The zero-order chi connectivity index (χ0) is 13.0. The van der Waals surface area contributed by atoms with Crippen molar-refractivity contribution in [1.29, 1.82) is 0 Å². The Bertz CT molecular complexity index is 395. The number of amides is 1. The quantitative estimate of drug-likeness (QED) is 0.769. The number of rotatable bonds is 5. The van der Waals surface area contributed by atoms with Crippen LogP contribution in [0.25, 0.3) is 0 Å². The summed E-state index contributed by atoms with van der Waals surface area (Å²) in [5, 5.41) is 7.17. The van der Waals surface area contributed by atoms with Gasteiger partial charge in [-0.25, -0.2) is 0 Å². The van der Waals surface area contributed by atoms with Crippen molar-refractivity contribution in [2.75, 3.05) is 27.2 Å². The van der Waals surface area contributed by atoms with Crippen LogP contribution >= 0.6 is 0 Å². The highest BCUT2D eigenvalue weighted by Crippen LogP contribution is 2.11. The van der Waals surface area contributed by atoms with Gasteiger partial charge in [0.05, 0.1) is 11.3 Å². The summed E-state index contributed by atoms with van der Waals surface area (Å²) >= 11 is 0. The molecule has 1 N–H and O–H groups in total. The Labute approximate surface area is 103 Å². The summed E-state index contributed by atoms with van der Waals surface area (Å²) in [4.78, 5) is 14.1. The number of carbonyl (C=O) groups is 1. The van der Waals surface area contributed by atoms with Crippen molar-refractivity contribution in [1.82, 2.24) is 20.0 Å². The Morgan fingerprint density at radius 1 is 1.41 bits per heavy atom. The third-order valence-electron chi connectivity index (χ3n) is 2.80. The van der Waals surface area contributed by atoms with Gasteiger partial charge in [0.15, 0.2) is 0 Å². The fourth-order valence-electron chi connectivity index (χ4n) is 1.79. The van der Waals surface area contributed by atoms with Crippen LogP contribution in [0.4, 0.5) is 0 Å². The van der Waals surface area contributed by atoms with Gasteiger partial charge < -0.3 is 10.2 Å². The summed E-state index contributed by atoms with van der Waals surface area (Å²) in [7, 11) is 5.90. The first kappa shape index (κ1) is 13.7. The number of aromatic nitrogens is 2. The smallest absolute Gasteiger partial charge is 0.255 e. The van der Waals surface area contributed by atoms with Crippen LogP contribution in [0, 0.1) is 13.8 Å². The molecule has 0 unspecified atom stereocenters. The number of carbonyl (C=O) groups excluding carboxylic acids is 1. The lowest BCUT2D eigenvalue weighted by atomic mass is 10.2. The van der Waals surface area contributed by atoms with E-state index in [0.29, 0.717) is 12.1 Å². The van der Waals surface area contributed by atoms with Crippen molar-refractivity contribution in [3.8, 4) is 0 Å². The highest BCUT2D eigenvalue weighted by molar-refractivity contribution is 5.96. The van der Waals surface area contributed by atoms with E-state index >= 15 is 0 Å². The first-order chi connectivity index (χ1) is 7.93. The first-order valence-electron chi connectivity index (χ1n) is 5.86. The van der Waals surface area contributed by atoms with Crippen LogP contribution in [0.3, 0.4) is 0 Å². The van der Waals surface area contributed by atoms with Gasteiger partial charge in [0, 0.05) is 19.3 Å². The fraction of sp³-hybridized carbons (Fsp3) is 0.667. The third-order valence-corrected chi connectivity index (χ3v) is 2.80. The summed E-state index contributed by atoms with van der Waals surface area (Å²) < 4.78 is 1.74. The molecule has 1 amide bonds. The van der Waals surface area contributed by atoms with Crippen molar-refractivity contribution in [2.24, 2.45) is 7.05 Å². The average molecular weight is 238 g/mol. The SMILES string of the molecule is Cc1nn(C)c(C)c1C(=O)NCCCN(C)C. The zero-order valence-corrected chi connectivity index (χ0v) is 11.4. The lowest BCUT2D eigenvalue weighted by molar-refractivity contribution is 0.0951. The molecule has 5 nitrogen and oxygen atoms in total. The second-order valence-corrected chi connectivity index (χ2v) is 4.58. The Kier molecular flexibility index (Phi) is 4.69. The highest BCUT2D eigenvalue weighted by atomic mass is 16.1. The van der Waals surface area contributed by atoms with Crippen molar-refractivity contribution >= 4 is 5.91 Å². The molecule has 0 aliphatic heterocycles. The standard InChI is InChI=1S/C12H22N4O/c1-9-11(10(2)16(5)14-9)12(17)13-7-6-8-15(3)4/h6-8H2,1-5H3,(H,13,17). The normalized spacial score (nSPS) is 10.9. The molecule has 0 saturated heterocycles. The van der Waals surface area contributed by atoms with Crippen molar-refractivity contribution in [2.45, 2.75) is 20.3 Å². The van der Waals surface area contributed by atoms with Crippen molar-refractivity contribution in [3.63, 3.8) is 0 Å². The number of hydrogen-bond donors (Lipinski definition) is 1. The van der Waals surface area contributed by atoms with Crippen LogP contribution in [0.2, 0.25) is 0 Å². The van der Waals surface area contributed by atoms with Crippen LogP contribution in [0.15, 0.2) is 0 Å². The molecule has 1 heterocycles. The molecule has 1 aromatic heterocycles. The third kappa shape index (κ3) is 3.56. The number of hydrogen-bond acceptors (Lipinski definition) is 3. The van der Waals surface area contributed by atoms with Gasteiger partial charge in [0.2, 0.25) is 0 Å². The maximum Gasteiger partial charge on any atom is 0.255 e. The minimum atomic E-state index is -0.0214. The molecule has 0 aliphatic carbocycles. The molecule has 0 atom stereocenters. The van der Waals surface area contributed by atoms with Gasteiger partial charge in [0.25, 0.3) is 5.91 Å². The van der Waals surface area contributed by atoms with E-state index in [9.17, 15) is 4.79 Å². The monoisotopic (exact) mass is 238 g/mol. The van der Waals surface area contributed by atoms with E-state index in [-0.39, 0.29) is 5.91 Å². The lowest BCUT2D eigenvalue weighted by Gasteiger charge is -2.10. The molecule has 0 aliphatic rings. The van der Waals surface area contributed by atoms with Gasteiger partial charge in [0.1, 0.15) is 0 Å². The predicted molar refractivity (Wildman–Crippen MR) is 68.2 cm³/mol. The second-order valence-electron chi connectivity index (χ2n) is 4.58. The minimum Gasteiger partial charge on any atom is -0.352 e. The largest absolute Gasteiger partial charge is 0.352 e. The van der Waals surface area contributed by atoms with E-state index in [1.807, 2.05) is 35.0 Å². The van der Waals surface area contributed by atoms with Gasteiger partial charge in [-0.3, -0.25) is 9.48 Å². The molecular weight excluding hydrogens is 216 g/mol. The van der Waals surface area contributed by atoms with E-state index in [0.717, 1.165) is 24.4 Å². The predicted octanol–water partition coefficient (Wildman–Crippen LogP) is 0.718. The fourth-order valence-corrected chi connectivity index (χ4v) is 1.79. The summed E-state index contributed by atoms with van der Waals surface area (Å²) in [6, 6.07) is 0. The van der Waals surface area contributed by atoms with E-state index < -0.39 is 0 Å². The zero-order valence-electron chi connectivity index (χ0n) is 11.4. The van der Waals surface area contributed by atoms with Crippen LogP contribution in [-0.2, 0) is 7.05 Å². The molecule has 0 radical (unpaired) electrons. The van der Waals surface area contributed by atoms with Gasteiger partial charge in [-0.2, -0.15) is 5.10 Å². The minimum absolute atomic E-state index is 0.0214. The highest BCUT2D eigenvalue weighted by Gasteiger charge is 2.16. The summed E-state index contributed by atoms with van der Waals surface area (Å²) in [6.07, 6.45) is 0.955. The lowest BCUT2D eigenvalue weighted by Crippen LogP contribution is -2.27. The maximum atomic E-state index is 12.0. The first-order valence-corrected chi connectivity index (χ1v) is 5.86. The molecule has 0 spiro atoms. The Balaban J connectivity index is 2.53. The molecule has 1 aromatic rings. The van der Waals surface area contributed by atoms with Crippen molar-refractivity contribution < 1.29 is 4.79 Å². The summed E-state index contributed by atoms with van der Waals surface area (Å²) in [5.41, 5.74) is 2.40. The van der Waals surface area contributed by atoms with E-state index in [2.05, 4.69) is 15.3 Å². The molecule has 1 rings (SSSR count). The number of nitrogens with one attached hydrogen (secondary N) is 1. The number of nitrogens with zero attached hydrogens (tertiary/aromatic N) is 3.